The third-order valence-corrected chi connectivity index (χ3v) is 6.07. The molecule has 0 amide bonds. The second-order valence-electron chi connectivity index (χ2n) is 6.48. The van der Waals surface area contributed by atoms with E-state index < -0.39 is 22.2 Å². The molecule has 0 spiro atoms. The number of rotatable bonds is 4. The van der Waals surface area contributed by atoms with Crippen molar-refractivity contribution >= 4 is 31.8 Å². The number of aromatic nitrogens is 3. The van der Waals surface area contributed by atoms with Gasteiger partial charge in [-0.15, -0.1) is 0 Å². The van der Waals surface area contributed by atoms with Crippen LogP contribution in [0.2, 0.25) is 0 Å². The van der Waals surface area contributed by atoms with E-state index in [-0.39, 0.29) is 25.4 Å². The number of fused-ring (bicyclic) bond motifs is 1. The third-order valence-electron chi connectivity index (χ3n) is 4.41. The maximum Gasteiger partial charge on any atom is 0.391 e. The lowest BCUT2D eigenvalue weighted by molar-refractivity contribution is -0.182. The zero-order valence-electron chi connectivity index (χ0n) is 14.2. The number of alkyl halides is 3. The largest absolute Gasteiger partial charge is 0.391 e. The lowest BCUT2D eigenvalue weighted by Crippen LogP contribution is -2.27. The Hall–Kier alpha value is -1.33. The van der Waals surface area contributed by atoms with E-state index in [0.717, 1.165) is 11.3 Å². The predicted octanol–water partition coefficient (Wildman–Crippen LogP) is 3.71. The highest BCUT2D eigenvalue weighted by atomic mass is 32.2. The fraction of sp³-hybridized carbons (Fsp3) is 0.667. The molecular formula is C15H18F3N3O3S2. The molecule has 1 saturated carbocycles. The Morgan fingerprint density at radius 1 is 1.15 bits per heavy atom. The average molecular weight is 409 g/mol. The molecule has 0 N–H and O–H groups in total. The maximum absolute atomic E-state index is 12.8. The summed E-state index contributed by atoms with van der Waals surface area (Å²) in [5, 5.41) is 0.723. The van der Waals surface area contributed by atoms with Gasteiger partial charge in [0.05, 0.1) is 22.9 Å². The molecule has 1 aliphatic carbocycles. The van der Waals surface area contributed by atoms with Crippen LogP contribution in [0.1, 0.15) is 48.1 Å². The van der Waals surface area contributed by atoms with Crippen molar-refractivity contribution in [2.24, 2.45) is 5.92 Å². The van der Waals surface area contributed by atoms with Crippen molar-refractivity contribution < 1.29 is 25.8 Å². The molecule has 26 heavy (non-hydrogen) atoms. The van der Waals surface area contributed by atoms with Crippen molar-refractivity contribution in [3.63, 3.8) is 0 Å². The van der Waals surface area contributed by atoms with Gasteiger partial charge in [-0.25, -0.2) is 15.0 Å². The molecule has 0 bridgehead atoms. The zero-order valence-corrected chi connectivity index (χ0v) is 15.8. The van der Waals surface area contributed by atoms with Gasteiger partial charge >= 0.3 is 6.18 Å². The fourth-order valence-electron chi connectivity index (χ4n) is 3.12. The minimum atomic E-state index is -4.14. The standard InChI is InChI=1S/C15H18F3N3O3S2/c1-8-19-11(7-24-26(2,22)23)12-14(20-8)25-13(21-12)9-3-5-10(6-4-9)15(16,17)18/h9-10H,3-7H2,1-2H3. The predicted molar refractivity (Wildman–Crippen MR) is 90.3 cm³/mol. The number of thiazole rings is 1. The van der Waals surface area contributed by atoms with Crippen molar-refractivity contribution in [2.45, 2.75) is 51.3 Å². The molecule has 144 valence electrons. The second kappa shape index (κ2) is 7.01. The van der Waals surface area contributed by atoms with Gasteiger partial charge in [-0.2, -0.15) is 21.6 Å². The van der Waals surface area contributed by atoms with Crippen molar-refractivity contribution in [3.05, 3.63) is 16.5 Å². The number of nitrogens with zero attached hydrogens (tertiary/aromatic N) is 3. The molecule has 0 saturated heterocycles. The Bertz CT molecular complexity index is 904. The van der Waals surface area contributed by atoms with Crippen LogP contribution in [0.3, 0.4) is 0 Å². The van der Waals surface area contributed by atoms with E-state index in [1.807, 2.05) is 0 Å². The van der Waals surface area contributed by atoms with Crippen LogP contribution in [0.5, 0.6) is 0 Å². The van der Waals surface area contributed by atoms with Crippen LogP contribution in [-0.4, -0.2) is 35.8 Å². The van der Waals surface area contributed by atoms with Crippen molar-refractivity contribution in [1.82, 2.24) is 15.0 Å². The quantitative estimate of drug-likeness (QED) is 0.716. The minimum Gasteiger partial charge on any atom is -0.264 e. The van der Waals surface area contributed by atoms with Gasteiger partial charge < -0.3 is 0 Å². The van der Waals surface area contributed by atoms with E-state index >= 15 is 0 Å². The Kier molecular flexibility index (Phi) is 5.24. The zero-order chi connectivity index (χ0) is 19.1. The van der Waals surface area contributed by atoms with Crippen LogP contribution in [0.4, 0.5) is 13.2 Å². The van der Waals surface area contributed by atoms with Crippen molar-refractivity contribution in [2.75, 3.05) is 6.26 Å². The minimum absolute atomic E-state index is 0.0446. The number of hydrogen-bond acceptors (Lipinski definition) is 7. The van der Waals surface area contributed by atoms with E-state index in [0.29, 0.717) is 34.7 Å². The number of hydrogen-bond donors (Lipinski definition) is 0. The Labute approximate surface area is 153 Å². The van der Waals surface area contributed by atoms with E-state index in [4.69, 9.17) is 4.18 Å². The van der Waals surface area contributed by atoms with Crippen LogP contribution in [-0.2, 0) is 20.9 Å². The molecule has 2 aromatic rings. The molecule has 2 aromatic heterocycles. The molecule has 0 unspecified atom stereocenters. The molecule has 11 heteroatoms. The second-order valence-corrected chi connectivity index (χ2v) is 9.13. The van der Waals surface area contributed by atoms with Crippen molar-refractivity contribution in [1.29, 1.82) is 0 Å². The average Bonchev–Trinajstić information content (AvgIpc) is 2.95. The summed E-state index contributed by atoms with van der Waals surface area (Å²) in [6.07, 6.45) is -2.16. The summed E-state index contributed by atoms with van der Waals surface area (Å²) in [6.45, 7) is 1.43. The van der Waals surface area contributed by atoms with Gasteiger partial charge in [-0.1, -0.05) is 11.3 Å². The van der Waals surface area contributed by atoms with Crippen molar-refractivity contribution in [3.8, 4) is 0 Å². The topological polar surface area (TPSA) is 82.0 Å². The summed E-state index contributed by atoms with van der Waals surface area (Å²) in [7, 11) is -3.63. The van der Waals surface area contributed by atoms with E-state index in [9.17, 15) is 21.6 Å². The van der Waals surface area contributed by atoms with Gasteiger partial charge in [0.15, 0.2) is 0 Å². The smallest absolute Gasteiger partial charge is 0.264 e. The summed E-state index contributed by atoms with van der Waals surface area (Å²) in [5.41, 5.74) is 0.821. The summed E-state index contributed by atoms with van der Waals surface area (Å²) in [4.78, 5) is 13.6. The third kappa shape index (κ3) is 4.49. The van der Waals surface area contributed by atoms with Gasteiger partial charge in [0.1, 0.15) is 22.8 Å². The first-order valence-electron chi connectivity index (χ1n) is 8.08. The first-order valence-corrected chi connectivity index (χ1v) is 10.7. The van der Waals surface area contributed by atoms with Gasteiger partial charge in [-0.05, 0) is 32.6 Å². The molecule has 0 atom stereocenters. The lowest BCUT2D eigenvalue weighted by atomic mass is 9.82. The molecule has 0 radical (unpaired) electrons. The van der Waals surface area contributed by atoms with E-state index in [1.165, 1.54) is 11.3 Å². The SMILES string of the molecule is Cc1nc(COS(C)(=O)=O)c2nc(C3CCC(C(F)(F)F)CC3)sc2n1. The molecular weight excluding hydrogens is 391 g/mol. The van der Waals surface area contributed by atoms with Gasteiger partial charge in [0.2, 0.25) is 0 Å². The summed E-state index contributed by atoms with van der Waals surface area (Å²) >= 11 is 1.33. The Morgan fingerprint density at radius 2 is 1.81 bits per heavy atom. The summed E-state index contributed by atoms with van der Waals surface area (Å²) in [6, 6.07) is 0. The summed E-state index contributed by atoms with van der Waals surface area (Å²) < 4.78 is 65.7. The first kappa shape index (κ1) is 19.4. The maximum atomic E-state index is 12.8. The highest BCUT2D eigenvalue weighted by Crippen LogP contribution is 2.44. The highest BCUT2D eigenvalue weighted by Gasteiger charge is 2.42. The van der Waals surface area contributed by atoms with Crippen LogP contribution in [0.15, 0.2) is 0 Å². The summed E-state index contributed by atoms with van der Waals surface area (Å²) in [5.74, 6) is -0.828. The fourth-order valence-corrected chi connectivity index (χ4v) is 4.62. The monoisotopic (exact) mass is 409 g/mol. The van der Waals surface area contributed by atoms with Crippen LogP contribution < -0.4 is 0 Å². The molecule has 1 aliphatic rings. The molecule has 2 heterocycles. The molecule has 0 aromatic carbocycles. The lowest BCUT2D eigenvalue weighted by Gasteiger charge is -2.28. The van der Waals surface area contributed by atoms with Gasteiger partial charge in [-0.3, -0.25) is 4.18 Å². The number of aryl methyl sites for hydroxylation is 1. The van der Waals surface area contributed by atoms with E-state index in [2.05, 4.69) is 15.0 Å². The van der Waals surface area contributed by atoms with E-state index in [1.54, 1.807) is 6.92 Å². The molecule has 3 rings (SSSR count). The van der Waals surface area contributed by atoms with Gasteiger partial charge in [0, 0.05) is 5.92 Å². The Morgan fingerprint density at radius 3 is 2.38 bits per heavy atom. The molecule has 1 fully saturated rings. The number of halogens is 3. The first-order chi connectivity index (χ1) is 12.0. The molecule has 6 nitrogen and oxygen atoms in total. The van der Waals surface area contributed by atoms with Crippen LogP contribution >= 0.6 is 11.3 Å². The Balaban J connectivity index is 1.83. The molecule has 0 aliphatic heterocycles. The van der Waals surface area contributed by atoms with Crippen LogP contribution in [0, 0.1) is 12.8 Å². The van der Waals surface area contributed by atoms with Gasteiger partial charge in [0.25, 0.3) is 10.1 Å². The van der Waals surface area contributed by atoms with Crippen LogP contribution in [0.25, 0.3) is 10.3 Å². The normalized spacial score (nSPS) is 22.0. The highest BCUT2D eigenvalue weighted by molar-refractivity contribution is 7.85.